The van der Waals surface area contributed by atoms with Gasteiger partial charge in [-0.25, -0.2) is 8.42 Å². The first-order valence-electron chi connectivity index (χ1n) is 10.2. The Kier molecular flexibility index (Phi) is 8.29. The maximum Gasteiger partial charge on any atom is 0.243 e. The number of nitrogens with one attached hydrogen (secondary N) is 1. The number of aryl methyl sites for hydroxylation is 3. The lowest BCUT2D eigenvalue weighted by Gasteiger charge is -2.28. The molecule has 1 unspecified atom stereocenters. The van der Waals surface area contributed by atoms with Crippen molar-refractivity contribution in [2.75, 3.05) is 23.7 Å². The number of carbonyl (C=O) groups excluding carboxylic acids is 1. The van der Waals surface area contributed by atoms with Crippen LogP contribution in [0.5, 0.6) is 5.75 Å². The van der Waals surface area contributed by atoms with Crippen molar-refractivity contribution in [3.05, 3.63) is 59.2 Å². The fourth-order valence-electron chi connectivity index (χ4n) is 3.24. The van der Waals surface area contributed by atoms with Crippen molar-refractivity contribution < 1.29 is 17.9 Å². The van der Waals surface area contributed by atoms with Gasteiger partial charge in [-0.15, -0.1) is 0 Å². The summed E-state index contributed by atoms with van der Waals surface area (Å²) in [5.41, 5.74) is 3.70. The summed E-state index contributed by atoms with van der Waals surface area (Å²) in [6.07, 6.45) is 2.70. The second-order valence-corrected chi connectivity index (χ2v) is 9.33. The van der Waals surface area contributed by atoms with Crippen LogP contribution in [0.15, 0.2) is 42.5 Å². The van der Waals surface area contributed by atoms with Gasteiger partial charge in [0.25, 0.3) is 0 Å². The van der Waals surface area contributed by atoms with Crippen LogP contribution in [-0.4, -0.2) is 39.8 Å². The van der Waals surface area contributed by atoms with Crippen molar-refractivity contribution in [3.63, 3.8) is 0 Å². The molecule has 6 nitrogen and oxygen atoms in total. The highest BCUT2D eigenvalue weighted by molar-refractivity contribution is 7.92. The maximum absolute atomic E-state index is 12.7. The Labute approximate surface area is 180 Å². The molecule has 0 saturated carbocycles. The van der Waals surface area contributed by atoms with Crippen molar-refractivity contribution in [1.29, 1.82) is 0 Å². The number of hydrogen-bond donors (Lipinski definition) is 1. The Morgan fingerprint density at radius 2 is 1.77 bits per heavy atom. The van der Waals surface area contributed by atoms with E-state index in [1.54, 1.807) is 19.1 Å². The molecule has 2 aromatic rings. The molecule has 2 rings (SSSR count). The topological polar surface area (TPSA) is 75.7 Å². The van der Waals surface area contributed by atoms with E-state index in [4.69, 9.17) is 4.74 Å². The van der Waals surface area contributed by atoms with Crippen molar-refractivity contribution in [3.8, 4) is 5.75 Å². The van der Waals surface area contributed by atoms with Gasteiger partial charge >= 0.3 is 0 Å². The van der Waals surface area contributed by atoms with E-state index in [1.807, 2.05) is 51.1 Å². The van der Waals surface area contributed by atoms with Crippen molar-refractivity contribution in [2.45, 2.75) is 46.6 Å². The van der Waals surface area contributed by atoms with E-state index in [1.165, 1.54) is 4.31 Å². The summed E-state index contributed by atoms with van der Waals surface area (Å²) < 4.78 is 31.4. The van der Waals surface area contributed by atoms with Gasteiger partial charge in [0, 0.05) is 6.54 Å². The van der Waals surface area contributed by atoms with E-state index in [2.05, 4.69) is 5.32 Å². The molecule has 0 aliphatic rings. The highest BCUT2D eigenvalue weighted by Crippen LogP contribution is 2.23. The monoisotopic (exact) mass is 432 g/mol. The van der Waals surface area contributed by atoms with Gasteiger partial charge < -0.3 is 10.1 Å². The largest absolute Gasteiger partial charge is 0.494 e. The van der Waals surface area contributed by atoms with Crippen molar-refractivity contribution in [1.82, 2.24) is 5.32 Å². The van der Waals surface area contributed by atoms with E-state index in [0.717, 1.165) is 41.5 Å². The summed E-state index contributed by atoms with van der Waals surface area (Å²) in [6.45, 7) is 8.55. The standard InChI is InChI=1S/C23H32N2O4S/c1-6-29-22-13-10-20(11-14-22)8-7-15-24-23(26)19(4)25(30(5,27)28)21-12-9-17(2)18(3)16-21/h9-14,16,19H,6-8,15H2,1-5H3,(H,24,26). The summed E-state index contributed by atoms with van der Waals surface area (Å²) in [5.74, 6) is 0.529. The molecule has 0 spiro atoms. The second kappa shape index (κ2) is 10.5. The molecule has 0 heterocycles. The molecule has 1 amide bonds. The number of sulfonamides is 1. The lowest BCUT2D eigenvalue weighted by Crippen LogP contribution is -2.48. The Hall–Kier alpha value is -2.54. The summed E-state index contributed by atoms with van der Waals surface area (Å²) >= 11 is 0. The number of amides is 1. The molecular weight excluding hydrogens is 400 g/mol. The quantitative estimate of drug-likeness (QED) is 0.582. The third kappa shape index (κ3) is 6.49. The number of benzene rings is 2. The van der Waals surface area contributed by atoms with E-state index >= 15 is 0 Å². The van der Waals surface area contributed by atoms with E-state index in [0.29, 0.717) is 18.8 Å². The summed E-state index contributed by atoms with van der Waals surface area (Å²) in [4.78, 5) is 12.7. The minimum absolute atomic E-state index is 0.314. The fraction of sp³-hybridized carbons (Fsp3) is 0.435. The van der Waals surface area contributed by atoms with Gasteiger partial charge in [-0.3, -0.25) is 9.10 Å². The third-order valence-corrected chi connectivity index (χ3v) is 6.25. The smallest absolute Gasteiger partial charge is 0.243 e. The molecule has 0 radical (unpaired) electrons. The normalized spacial score (nSPS) is 12.3. The molecule has 0 fully saturated rings. The zero-order valence-corrected chi connectivity index (χ0v) is 19.3. The first-order chi connectivity index (χ1) is 14.1. The van der Waals surface area contributed by atoms with Crippen molar-refractivity contribution in [2.24, 2.45) is 0 Å². The Bertz CT molecular complexity index is 956. The number of anilines is 1. The van der Waals surface area contributed by atoms with Gasteiger partial charge in [0.2, 0.25) is 15.9 Å². The number of nitrogens with zero attached hydrogens (tertiary/aromatic N) is 1. The molecule has 1 atom stereocenters. The van der Waals surface area contributed by atoms with Crippen LogP contribution in [0.25, 0.3) is 0 Å². The Balaban J connectivity index is 1.96. The van der Waals surface area contributed by atoms with Crippen LogP contribution in [0.3, 0.4) is 0 Å². The number of rotatable bonds is 10. The summed E-state index contributed by atoms with van der Waals surface area (Å²) in [6, 6.07) is 12.5. The fourth-order valence-corrected chi connectivity index (χ4v) is 4.41. The number of hydrogen-bond acceptors (Lipinski definition) is 4. The predicted octanol–water partition coefficient (Wildman–Crippen LogP) is 3.61. The molecule has 0 saturated heterocycles. The molecule has 0 aliphatic carbocycles. The van der Waals surface area contributed by atoms with E-state index < -0.39 is 16.1 Å². The summed E-state index contributed by atoms with van der Waals surface area (Å²) in [7, 11) is -3.61. The van der Waals surface area contributed by atoms with Crippen LogP contribution in [0.4, 0.5) is 5.69 Å². The molecule has 1 N–H and O–H groups in total. The third-order valence-electron chi connectivity index (χ3n) is 5.01. The van der Waals surface area contributed by atoms with Crippen LogP contribution in [-0.2, 0) is 21.2 Å². The minimum atomic E-state index is -3.61. The molecule has 164 valence electrons. The Morgan fingerprint density at radius 1 is 1.10 bits per heavy atom. The van der Waals surface area contributed by atoms with Crippen LogP contribution < -0.4 is 14.4 Å². The highest BCUT2D eigenvalue weighted by Gasteiger charge is 2.29. The number of carbonyl (C=O) groups is 1. The molecule has 30 heavy (non-hydrogen) atoms. The molecule has 0 aromatic heterocycles. The summed E-state index contributed by atoms with van der Waals surface area (Å²) in [5, 5.41) is 2.86. The molecule has 0 bridgehead atoms. The van der Waals surface area contributed by atoms with Gasteiger partial charge in [-0.1, -0.05) is 18.2 Å². The van der Waals surface area contributed by atoms with Gasteiger partial charge in [0.1, 0.15) is 11.8 Å². The first-order valence-corrected chi connectivity index (χ1v) is 12.0. The number of ether oxygens (including phenoxy) is 1. The van der Waals surface area contributed by atoms with Gasteiger partial charge in [-0.05, 0) is 81.5 Å². The zero-order chi connectivity index (χ0) is 22.3. The van der Waals surface area contributed by atoms with Crippen LogP contribution in [0, 0.1) is 13.8 Å². The lowest BCUT2D eigenvalue weighted by atomic mass is 10.1. The highest BCUT2D eigenvalue weighted by atomic mass is 32.2. The SMILES string of the molecule is CCOc1ccc(CCCNC(=O)C(C)N(c2ccc(C)c(C)c2)S(C)(=O)=O)cc1. The molecular formula is C23H32N2O4S. The zero-order valence-electron chi connectivity index (χ0n) is 18.4. The van der Waals surface area contributed by atoms with Gasteiger partial charge in [0.05, 0.1) is 18.6 Å². The predicted molar refractivity (Wildman–Crippen MR) is 122 cm³/mol. The van der Waals surface area contributed by atoms with Crippen LogP contribution in [0.2, 0.25) is 0 Å². The minimum Gasteiger partial charge on any atom is -0.494 e. The van der Waals surface area contributed by atoms with Crippen LogP contribution in [0.1, 0.15) is 37.0 Å². The second-order valence-electron chi connectivity index (χ2n) is 7.47. The van der Waals surface area contributed by atoms with E-state index in [-0.39, 0.29) is 5.91 Å². The van der Waals surface area contributed by atoms with Crippen LogP contribution >= 0.6 is 0 Å². The van der Waals surface area contributed by atoms with Crippen molar-refractivity contribution >= 4 is 21.6 Å². The van der Waals surface area contributed by atoms with E-state index in [9.17, 15) is 13.2 Å². The molecule has 7 heteroatoms. The maximum atomic E-state index is 12.7. The first kappa shape index (κ1) is 23.7. The molecule has 2 aromatic carbocycles. The Morgan fingerprint density at radius 3 is 2.33 bits per heavy atom. The lowest BCUT2D eigenvalue weighted by molar-refractivity contribution is -0.121. The average Bonchev–Trinajstić information content (AvgIpc) is 2.68. The van der Waals surface area contributed by atoms with Gasteiger partial charge in [0.15, 0.2) is 0 Å². The van der Waals surface area contributed by atoms with Gasteiger partial charge in [-0.2, -0.15) is 0 Å². The average molecular weight is 433 g/mol. The molecule has 0 aliphatic heterocycles.